The summed E-state index contributed by atoms with van der Waals surface area (Å²) in [6.07, 6.45) is 1.94. The van der Waals surface area contributed by atoms with Crippen LogP contribution in [0.1, 0.15) is 15.9 Å². The molecule has 136 valence electrons. The maximum absolute atomic E-state index is 13.9. The lowest BCUT2D eigenvalue weighted by Gasteiger charge is -2.08. The third-order valence-electron chi connectivity index (χ3n) is 3.23. The Morgan fingerprint density at radius 2 is 1.77 bits per heavy atom. The van der Waals surface area contributed by atoms with Crippen LogP contribution in [-0.4, -0.2) is 37.4 Å². The lowest BCUT2D eigenvalue weighted by atomic mass is 10.2. The number of carboxylic acids is 1. The van der Waals surface area contributed by atoms with E-state index >= 15 is 0 Å². The lowest BCUT2D eigenvalue weighted by molar-refractivity contribution is -0.131. The fourth-order valence-electron chi connectivity index (χ4n) is 1.96. The van der Waals surface area contributed by atoms with Gasteiger partial charge in [0.25, 0.3) is 0 Å². The zero-order valence-electron chi connectivity index (χ0n) is 14.0. The number of carbonyl (C=O) groups excluding carboxylic acids is 1. The number of ether oxygens (including phenoxy) is 3. The Bertz CT molecular complexity index is 798. The van der Waals surface area contributed by atoms with Gasteiger partial charge in [0.1, 0.15) is 23.9 Å². The summed E-state index contributed by atoms with van der Waals surface area (Å²) in [4.78, 5) is 22.6. The van der Waals surface area contributed by atoms with E-state index in [1.165, 1.54) is 24.3 Å². The third-order valence-corrected chi connectivity index (χ3v) is 3.23. The van der Waals surface area contributed by atoms with E-state index in [2.05, 4.69) is 0 Å². The van der Waals surface area contributed by atoms with E-state index in [0.29, 0.717) is 19.0 Å². The van der Waals surface area contributed by atoms with E-state index in [4.69, 9.17) is 19.3 Å². The number of halogens is 1. The first kappa shape index (κ1) is 19.1. The summed E-state index contributed by atoms with van der Waals surface area (Å²) in [5.74, 6) is -1.94. The third kappa shape index (κ3) is 5.71. The molecule has 0 atom stereocenters. The predicted octanol–water partition coefficient (Wildman–Crippen LogP) is 3.17. The molecule has 0 aromatic heterocycles. The molecule has 0 saturated carbocycles. The monoisotopic (exact) mass is 360 g/mol. The van der Waals surface area contributed by atoms with Crippen molar-refractivity contribution in [1.29, 1.82) is 0 Å². The average Bonchev–Trinajstić information content (AvgIpc) is 2.61. The normalized spacial score (nSPS) is 10.7. The number of hydrogen-bond acceptors (Lipinski definition) is 5. The predicted molar refractivity (Wildman–Crippen MR) is 91.8 cm³/mol. The second-order valence-corrected chi connectivity index (χ2v) is 5.11. The van der Waals surface area contributed by atoms with Gasteiger partial charge in [-0.1, -0.05) is 0 Å². The van der Waals surface area contributed by atoms with Gasteiger partial charge < -0.3 is 19.3 Å². The number of carbonyl (C=O) groups is 2. The average molecular weight is 360 g/mol. The van der Waals surface area contributed by atoms with Gasteiger partial charge >= 0.3 is 11.9 Å². The largest absolute Gasteiger partial charge is 0.491 e. The molecule has 0 aliphatic rings. The van der Waals surface area contributed by atoms with Crippen LogP contribution < -0.4 is 9.47 Å². The molecular weight excluding hydrogens is 343 g/mol. The van der Waals surface area contributed by atoms with Crippen molar-refractivity contribution in [1.82, 2.24) is 0 Å². The summed E-state index contributed by atoms with van der Waals surface area (Å²) in [5, 5.41) is 8.55. The maximum Gasteiger partial charge on any atom is 0.343 e. The molecule has 0 aliphatic carbocycles. The second-order valence-electron chi connectivity index (χ2n) is 5.11. The second kappa shape index (κ2) is 9.33. The van der Waals surface area contributed by atoms with Crippen molar-refractivity contribution in [2.24, 2.45) is 0 Å². The van der Waals surface area contributed by atoms with Crippen LogP contribution in [0.4, 0.5) is 4.39 Å². The van der Waals surface area contributed by atoms with E-state index < -0.39 is 17.8 Å². The summed E-state index contributed by atoms with van der Waals surface area (Å²) in [6, 6.07) is 10.0. The highest BCUT2D eigenvalue weighted by atomic mass is 19.1. The van der Waals surface area contributed by atoms with Crippen LogP contribution >= 0.6 is 0 Å². The molecule has 0 unspecified atom stereocenters. The molecular formula is C19H17FO6. The molecule has 0 fully saturated rings. The fourth-order valence-corrected chi connectivity index (χ4v) is 1.96. The molecule has 0 radical (unpaired) electrons. The van der Waals surface area contributed by atoms with Crippen molar-refractivity contribution < 1.29 is 33.3 Å². The molecule has 0 bridgehead atoms. The molecule has 2 aromatic rings. The van der Waals surface area contributed by atoms with Gasteiger partial charge in [-0.25, -0.2) is 14.0 Å². The van der Waals surface area contributed by atoms with Gasteiger partial charge in [0.2, 0.25) is 0 Å². The summed E-state index contributed by atoms with van der Waals surface area (Å²) in [5.41, 5.74) is 0.351. The first-order valence-corrected chi connectivity index (χ1v) is 7.64. The van der Waals surface area contributed by atoms with E-state index in [0.717, 1.165) is 18.2 Å². The Hall–Kier alpha value is -3.19. The Labute approximate surface area is 149 Å². The maximum atomic E-state index is 13.9. The zero-order chi connectivity index (χ0) is 18.9. The molecule has 0 spiro atoms. The molecule has 2 rings (SSSR count). The topological polar surface area (TPSA) is 82.1 Å². The van der Waals surface area contributed by atoms with Crippen molar-refractivity contribution in [3.63, 3.8) is 0 Å². The highest BCUT2D eigenvalue weighted by molar-refractivity contribution is 5.91. The lowest BCUT2D eigenvalue weighted by Crippen LogP contribution is -2.09. The number of carboxylic acid groups (broad SMARTS) is 1. The Balaban J connectivity index is 2.00. The van der Waals surface area contributed by atoms with Crippen molar-refractivity contribution in [3.05, 3.63) is 65.5 Å². The fraction of sp³-hybridized carbons (Fsp3) is 0.158. The van der Waals surface area contributed by atoms with Gasteiger partial charge in [-0.3, -0.25) is 0 Å². The number of methoxy groups -OCH3 is 1. The minimum atomic E-state index is -1.19. The number of hydrogen-bond donors (Lipinski definition) is 1. The van der Waals surface area contributed by atoms with E-state index in [1.807, 2.05) is 0 Å². The van der Waals surface area contributed by atoms with Gasteiger partial charge in [-0.05, 0) is 42.5 Å². The van der Waals surface area contributed by atoms with Crippen LogP contribution in [0.3, 0.4) is 0 Å². The van der Waals surface area contributed by atoms with Gasteiger partial charge in [-0.2, -0.15) is 0 Å². The van der Waals surface area contributed by atoms with E-state index in [9.17, 15) is 14.0 Å². The molecule has 6 nitrogen and oxygen atoms in total. The SMILES string of the molecule is COCCOc1ccc(C(=O)Oc2ccc(/C=C/C(=O)O)c(F)c2)cc1. The number of aliphatic carboxylic acids is 1. The standard InChI is InChI=1S/C19H17FO6/c1-24-10-11-25-15-6-3-14(4-7-15)19(23)26-16-8-2-13(17(20)12-16)5-9-18(21)22/h2-9,12H,10-11H2,1H3,(H,21,22)/b9-5+. The quantitative estimate of drug-likeness (QED) is 0.337. The van der Waals surface area contributed by atoms with Crippen molar-refractivity contribution in [2.45, 2.75) is 0 Å². The van der Waals surface area contributed by atoms with E-state index in [1.54, 1.807) is 19.2 Å². The van der Waals surface area contributed by atoms with Gasteiger partial charge in [0.05, 0.1) is 12.2 Å². The minimum absolute atomic E-state index is 0.0143. The van der Waals surface area contributed by atoms with Gasteiger partial charge in [0, 0.05) is 24.8 Å². The smallest absolute Gasteiger partial charge is 0.343 e. The zero-order valence-corrected chi connectivity index (χ0v) is 14.0. The van der Waals surface area contributed by atoms with Crippen molar-refractivity contribution >= 4 is 18.0 Å². The number of rotatable bonds is 8. The first-order valence-electron chi connectivity index (χ1n) is 7.64. The summed E-state index contributed by atoms with van der Waals surface area (Å²) in [7, 11) is 1.57. The molecule has 0 aliphatic heterocycles. The molecule has 0 heterocycles. The van der Waals surface area contributed by atoms with Crippen LogP contribution in [0.25, 0.3) is 6.08 Å². The molecule has 0 amide bonds. The number of esters is 1. The van der Waals surface area contributed by atoms with Crippen LogP contribution in [0.2, 0.25) is 0 Å². The van der Waals surface area contributed by atoms with Gasteiger partial charge in [0.15, 0.2) is 0 Å². The molecule has 26 heavy (non-hydrogen) atoms. The summed E-state index contributed by atoms with van der Waals surface area (Å²) in [6.45, 7) is 0.843. The van der Waals surface area contributed by atoms with Crippen LogP contribution in [-0.2, 0) is 9.53 Å². The first-order chi connectivity index (χ1) is 12.5. The van der Waals surface area contributed by atoms with E-state index in [-0.39, 0.29) is 16.9 Å². The van der Waals surface area contributed by atoms with Crippen LogP contribution in [0.15, 0.2) is 48.5 Å². The number of benzene rings is 2. The minimum Gasteiger partial charge on any atom is -0.491 e. The highest BCUT2D eigenvalue weighted by Gasteiger charge is 2.10. The van der Waals surface area contributed by atoms with Gasteiger partial charge in [-0.15, -0.1) is 0 Å². The highest BCUT2D eigenvalue weighted by Crippen LogP contribution is 2.20. The Morgan fingerprint density at radius 1 is 1.08 bits per heavy atom. The molecule has 7 heteroatoms. The molecule has 1 N–H and O–H groups in total. The van der Waals surface area contributed by atoms with Crippen LogP contribution in [0.5, 0.6) is 11.5 Å². The molecule has 0 saturated heterocycles. The Morgan fingerprint density at radius 3 is 2.38 bits per heavy atom. The summed E-state index contributed by atoms with van der Waals surface area (Å²) >= 11 is 0. The van der Waals surface area contributed by atoms with Crippen molar-refractivity contribution in [2.75, 3.05) is 20.3 Å². The summed E-state index contributed by atoms with van der Waals surface area (Å²) < 4.78 is 29.3. The van der Waals surface area contributed by atoms with Crippen LogP contribution in [0, 0.1) is 5.82 Å². The Kier molecular flexibility index (Phi) is 6.87. The molecule has 2 aromatic carbocycles. The van der Waals surface area contributed by atoms with Crippen molar-refractivity contribution in [3.8, 4) is 11.5 Å².